The van der Waals surface area contributed by atoms with Crippen LogP contribution in [0.3, 0.4) is 0 Å². The van der Waals surface area contributed by atoms with Crippen LogP contribution in [0.15, 0.2) is 29.6 Å². The van der Waals surface area contributed by atoms with Crippen LogP contribution >= 0.6 is 11.3 Å². The zero-order valence-corrected chi connectivity index (χ0v) is 13.8. The molecule has 0 saturated carbocycles. The monoisotopic (exact) mass is 346 g/mol. The number of rotatable bonds is 5. The van der Waals surface area contributed by atoms with Crippen molar-refractivity contribution in [2.24, 2.45) is 5.73 Å². The summed E-state index contributed by atoms with van der Waals surface area (Å²) in [6.45, 7) is 3.97. The van der Waals surface area contributed by atoms with Crippen molar-refractivity contribution in [2.45, 2.75) is 6.54 Å². The van der Waals surface area contributed by atoms with E-state index in [0.29, 0.717) is 16.9 Å². The first-order valence-electron chi connectivity index (χ1n) is 7.57. The number of anilines is 1. The summed E-state index contributed by atoms with van der Waals surface area (Å²) in [5.74, 6) is -0.772. The molecule has 0 unspecified atom stereocenters. The van der Waals surface area contributed by atoms with Gasteiger partial charge in [0.05, 0.1) is 19.8 Å². The van der Waals surface area contributed by atoms with Crippen molar-refractivity contribution < 1.29 is 14.3 Å². The van der Waals surface area contributed by atoms with E-state index in [1.165, 1.54) is 11.3 Å². The number of nitrogens with two attached hydrogens (primary N) is 1. The van der Waals surface area contributed by atoms with E-state index in [2.05, 4.69) is 15.2 Å². The number of benzene rings is 1. The van der Waals surface area contributed by atoms with Crippen molar-refractivity contribution in [3.8, 4) is 0 Å². The van der Waals surface area contributed by atoms with Gasteiger partial charge in [0.15, 0.2) is 0 Å². The number of aromatic nitrogens is 1. The Morgan fingerprint density at radius 3 is 2.62 bits per heavy atom. The zero-order chi connectivity index (χ0) is 16.9. The lowest BCUT2D eigenvalue weighted by molar-refractivity contribution is 0.0341. The maximum Gasteiger partial charge on any atom is 0.275 e. The molecule has 8 heteroatoms. The van der Waals surface area contributed by atoms with Crippen molar-refractivity contribution >= 4 is 28.8 Å². The number of nitrogens with zero attached hydrogens (tertiary/aromatic N) is 2. The summed E-state index contributed by atoms with van der Waals surface area (Å²) in [5, 5.41) is 5.42. The van der Waals surface area contributed by atoms with Gasteiger partial charge in [-0.1, -0.05) is 0 Å². The molecule has 1 fully saturated rings. The summed E-state index contributed by atoms with van der Waals surface area (Å²) in [6.07, 6.45) is 0. The third-order valence-electron chi connectivity index (χ3n) is 3.67. The summed E-state index contributed by atoms with van der Waals surface area (Å²) < 4.78 is 5.32. The zero-order valence-electron chi connectivity index (χ0n) is 13.0. The van der Waals surface area contributed by atoms with Crippen molar-refractivity contribution in [1.29, 1.82) is 0 Å². The topological polar surface area (TPSA) is 97.5 Å². The third-order valence-corrected chi connectivity index (χ3v) is 4.51. The van der Waals surface area contributed by atoms with E-state index < -0.39 is 5.91 Å². The molecule has 2 aromatic rings. The number of ether oxygens (including phenoxy) is 1. The Bertz CT molecular complexity index is 723. The Hall–Kier alpha value is -2.29. The molecule has 0 atom stereocenters. The Morgan fingerprint density at radius 1 is 1.25 bits per heavy atom. The van der Waals surface area contributed by atoms with Crippen molar-refractivity contribution in [1.82, 2.24) is 9.88 Å². The molecule has 0 spiro atoms. The number of morpholine rings is 1. The molecule has 0 aliphatic carbocycles. The molecule has 126 valence electrons. The molecule has 1 saturated heterocycles. The van der Waals surface area contributed by atoms with E-state index in [1.54, 1.807) is 29.6 Å². The van der Waals surface area contributed by atoms with Gasteiger partial charge in [-0.15, -0.1) is 11.3 Å². The summed E-state index contributed by atoms with van der Waals surface area (Å²) in [7, 11) is 0. The van der Waals surface area contributed by atoms with Crippen LogP contribution in [0, 0.1) is 0 Å². The first-order chi connectivity index (χ1) is 11.6. The number of hydrogen-bond acceptors (Lipinski definition) is 6. The Labute approximate surface area is 143 Å². The highest BCUT2D eigenvalue weighted by molar-refractivity contribution is 7.09. The standard InChI is InChI=1S/C16H18N4O3S/c17-15(21)11-1-3-12(4-2-11)18-16(22)13-10-24-14(19-13)9-20-5-7-23-8-6-20/h1-4,10H,5-9H2,(H2,17,21)(H,18,22). The molecule has 2 amide bonds. The van der Waals surface area contributed by atoms with Crippen LogP contribution in [0.1, 0.15) is 25.9 Å². The molecule has 7 nitrogen and oxygen atoms in total. The quantitative estimate of drug-likeness (QED) is 0.851. The van der Waals surface area contributed by atoms with Gasteiger partial charge in [-0.25, -0.2) is 4.98 Å². The molecule has 1 aromatic carbocycles. The smallest absolute Gasteiger partial charge is 0.275 e. The second-order valence-electron chi connectivity index (χ2n) is 5.41. The molecule has 3 N–H and O–H groups in total. The van der Waals surface area contributed by atoms with Gasteiger partial charge < -0.3 is 15.8 Å². The van der Waals surface area contributed by atoms with Gasteiger partial charge in [0.1, 0.15) is 10.7 Å². The second-order valence-corrected chi connectivity index (χ2v) is 6.35. The minimum absolute atomic E-state index is 0.272. The molecule has 1 aromatic heterocycles. The van der Waals surface area contributed by atoms with Gasteiger partial charge in [0, 0.05) is 29.7 Å². The van der Waals surface area contributed by atoms with Crippen molar-refractivity contribution in [3.63, 3.8) is 0 Å². The normalized spacial score (nSPS) is 15.2. The Morgan fingerprint density at radius 2 is 1.96 bits per heavy atom. The van der Waals surface area contributed by atoms with Crippen LogP contribution in [0.4, 0.5) is 5.69 Å². The number of amides is 2. The molecule has 3 rings (SSSR count). The van der Waals surface area contributed by atoms with Crippen molar-refractivity contribution in [3.05, 3.63) is 45.9 Å². The average molecular weight is 346 g/mol. The predicted molar refractivity (Wildman–Crippen MR) is 91.1 cm³/mol. The van der Waals surface area contributed by atoms with Gasteiger partial charge in [-0.05, 0) is 24.3 Å². The molecule has 1 aliphatic rings. The molecular weight excluding hydrogens is 328 g/mol. The SMILES string of the molecule is NC(=O)c1ccc(NC(=O)c2csc(CN3CCOCC3)n2)cc1. The minimum Gasteiger partial charge on any atom is -0.379 e. The Kier molecular flexibility index (Phi) is 5.19. The number of thiazole rings is 1. The number of primary amides is 1. The molecule has 0 radical (unpaired) electrons. The van der Waals surface area contributed by atoms with Gasteiger partial charge in [-0.2, -0.15) is 0 Å². The fourth-order valence-electron chi connectivity index (χ4n) is 2.35. The first-order valence-corrected chi connectivity index (χ1v) is 8.45. The number of carbonyl (C=O) groups is 2. The van der Waals surface area contributed by atoms with Crippen molar-refractivity contribution in [2.75, 3.05) is 31.6 Å². The number of carbonyl (C=O) groups excluding carboxylic acids is 2. The Balaban J connectivity index is 1.59. The summed E-state index contributed by atoms with van der Waals surface area (Å²) in [6, 6.07) is 6.42. The van der Waals surface area contributed by atoms with E-state index >= 15 is 0 Å². The van der Waals surface area contributed by atoms with Gasteiger partial charge in [0.25, 0.3) is 5.91 Å². The molecule has 0 bridgehead atoms. The second kappa shape index (κ2) is 7.52. The molecule has 1 aliphatic heterocycles. The lowest BCUT2D eigenvalue weighted by atomic mass is 10.2. The first kappa shape index (κ1) is 16.6. The molecule has 24 heavy (non-hydrogen) atoms. The van der Waals surface area contributed by atoms with E-state index in [9.17, 15) is 9.59 Å². The third kappa shape index (κ3) is 4.16. The van der Waals surface area contributed by atoms with E-state index in [4.69, 9.17) is 10.5 Å². The fraction of sp³-hybridized carbons (Fsp3) is 0.312. The van der Waals surface area contributed by atoms with Gasteiger partial charge in [0.2, 0.25) is 5.91 Å². The van der Waals surface area contributed by atoms with Crippen LogP contribution in [-0.4, -0.2) is 48.0 Å². The number of nitrogens with one attached hydrogen (secondary N) is 1. The van der Waals surface area contributed by atoms with Gasteiger partial charge >= 0.3 is 0 Å². The van der Waals surface area contributed by atoms with Gasteiger partial charge in [-0.3, -0.25) is 14.5 Å². The summed E-state index contributed by atoms with van der Waals surface area (Å²) in [4.78, 5) is 29.9. The van der Waals surface area contributed by atoms with Crippen LogP contribution < -0.4 is 11.1 Å². The molecular formula is C16H18N4O3S. The van der Waals surface area contributed by atoms with E-state index in [0.717, 1.165) is 37.9 Å². The van der Waals surface area contributed by atoms with Crippen LogP contribution in [0.2, 0.25) is 0 Å². The number of hydrogen-bond donors (Lipinski definition) is 2. The van der Waals surface area contributed by atoms with Crippen LogP contribution in [-0.2, 0) is 11.3 Å². The lowest BCUT2D eigenvalue weighted by Gasteiger charge is -2.25. The van der Waals surface area contributed by atoms with Crippen LogP contribution in [0.25, 0.3) is 0 Å². The van der Waals surface area contributed by atoms with E-state index in [-0.39, 0.29) is 5.91 Å². The average Bonchev–Trinajstić information content (AvgIpc) is 3.05. The van der Waals surface area contributed by atoms with Crippen LogP contribution in [0.5, 0.6) is 0 Å². The molecule has 2 heterocycles. The summed E-state index contributed by atoms with van der Waals surface area (Å²) >= 11 is 1.47. The minimum atomic E-state index is -0.500. The van der Waals surface area contributed by atoms with E-state index in [1.807, 2.05) is 0 Å². The lowest BCUT2D eigenvalue weighted by Crippen LogP contribution is -2.35. The largest absolute Gasteiger partial charge is 0.379 e. The predicted octanol–water partition coefficient (Wildman–Crippen LogP) is 1.33. The summed E-state index contributed by atoms with van der Waals surface area (Å²) in [5.41, 5.74) is 6.57. The highest BCUT2D eigenvalue weighted by Crippen LogP contribution is 2.16. The fourth-order valence-corrected chi connectivity index (χ4v) is 3.17. The maximum atomic E-state index is 12.2. The highest BCUT2D eigenvalue weighted by Gasteiger charge is 2.15. The highest BCUT2D eigenvalue weighted by atomic mass is 32.1. The maximum absolute atomic E-state index is 12.2.